The van der Waals surface area contributed by atoms with Crippen molar-refractivity contribution in [3.8, 4) is 11.3 Å². The molecular formula is C13H16FN3. The molecule has 0 amide bonds. The van der Waals surface area contributed by atoms with E-state index < -0.39 is 0 Å². The van der Waals surface area contributed by atoms with Gasteiger partial charge in [-0.2, -0.15) is 5.10 Å². The van der Waals surface area contributed by atoms with E-state index >= 15 is 0 Å². The first-order valence-electron chi connectivity index (χ1n) is 5.71. The van der Waals surface area contributed by atoms with Crippen LogP contribution in [0.4, 0.5) is 4.39 Å². The smallest absolute Gasteiger partial charge is 0.123 e. The molecule has 3 nitrogen and oxygen atoms in total. The van der Waals surface area contributed by atoms with Gasteiger partial charge in [-0.05, 0) is 43.8 Å². The molecule has 0 saturated carbocycles. The highest BCUT2D eigenvalue weighted by Gasteiger charge is 2.09. The molecule has 0 saturated heterocycles. The summed E-state index contributed by atoms with van der Waals surface area (Å²) < 4.78 is 15.2. The van der Waals surface area contributed by atoms with E-state index in [2.05, 4.69) is 10.4 Å². The van der Waals surface area contributed by atoms with Crippen molar-refractivity contribution < 1.29 is 4.39 Å². The number of benzene rings is 1. The Bertz CT molecular complexity index is 505. The van der Waals surface area contributed by atoms with Gasteiger partial charge in [0.2, 0.25) is 0 Å². The predicted octanol–water partition coefficient (Wildman–Crippen LogP) is 2.43. The van der Waals surface area contributed by atoms with Crippen molar-refractivity contribution in [3.05, 3.63) is 41.8 Å². The first-order valence-corrected chi connectivity index (χ1v) is 5.71. The lowest BCUT2D eigenvalue weighted by Gasteiger charge is -2.11. The molecule has 0 spiro atoms. The van der Waals surface area contributed by atoms with E-state index in [1.807, 2.05) is 30.8 Å². The standard InChI is InChI=1S/C13H16FN3/c1-3-17-13(6-7-16-17)12-5-4-11(14)8-10(12)9-15-2/h4-8,15H,3,9H2,1-2H3. The second-order valence-electron chi connectivity index (χ2n) is 3.86. The van der Waals surface area contributed by atoms with E-state index in [9.17, 15) is 4.39 Å². The van der Waals surface area contributed by atoms with E-state index in [-0.39, 0.29) is 5.82 Å². The fraction of sp³-hybridized carbons (Fsp3) is 0.308. The third-order valence-electron chi connectivity index (χ3n) is 2.73. The van der Waals surface area contributed by atoms with Crippen LogP contribution in [-0.4, -0.2) is 16.8 Å². The molecule has 0 bridgehead atoms. The third kappa shape index (κ3) is 2.36. The van der Waals surface area contributed by atoms with Crippen LogP contribution in [0, 0.1) is 5.82 Å². The minimum atomic E-state index is -0.207. The Morgan fingerprint density at radius 2 is 2.18 bits per heavy atom. The van der Waals surface area contributed by atoms with Gasteiger partial charge < -0.3 is 5.32 Å². The number of hydrogen-bond donors (Lipinski definition) is 1. The summed E-state index contributed by atoms with van der Waals surface area (Å²) in [5.41, 5.74) is 3.00. The van der Waals surface area contributed by atoms with Crippen LogP contribution in [0.2, 0.25) is 0 Å². The molecule has 2 aromatic rings. The van der Waals surface area contributed by atoms with E-state index in [4.69, 9.17) is 0 Å². The zero-order valence-corrected chi connectivity index (χ0v) is 10.1. The maximum atomic E-state index is 13.2. The molecule has 1 aromatic heterocycles. The van der Waals surface area contributed by atoms with Gasteiger partial charge in [-0.15, -0.1) is 0 Å². The average molecular weight is 233 g/mol. The molecule has 4 heteroatoms. The monoisotopic (exact) mass is 233 g/mol. The van der Waals surface area contributed by atoms with Crippen LogP contribution in [0.3, 0.4) is 0 Å². The first kappa shape index (κ1) is 11.8. The van der Waals surface area contributed by atoms with Crippen LogP contribution in [0.25, 0.3) is 11.3 Å². The molecule has 1 heterocycles. The van der Waals surface area contributed by atoms with Gasteiger partial charge in [0.15, 0.2) is 0 Å². The molecule has 0 atom stereocenters. The summed E-state index contributed by atoms with van der Waals surface area (Å²) in [5, 5.41) is 7.29. The van der Waals surface area contributed by atoms with Crippen molar-refractivity contribution >= 4 is 0 Å². The van der Waals surface area contributed by atoms with Gasteiger partial charge in [0.1, 0.15) is 5.82 Å². The van der Waals surface area contributed by atoms with Crippen molar-refractivity contribution in [3.63, 3.8) is 0 Å². The van der Waals surface area contributed by atoms with Gasteiger partial charge in [0.05, 0.1) is 5.69 Å². The number of nitrogens with one attached hydrogen (secondary N) is 1. The van der Waals surface area contributed by atoms with Crippen LogP contribution in [-0.2, 0) is 13.1 Å². The van der Waals surface area contributed by atoms with Crippen LogP contribution in [0.15, 0.2) is 30.5 Å². The maximum Gasteiger partial charge on any atom is 0.123 e. The third-order valence-corrected chi connectivity index (χ3v) is 2.73. The Hall–Kier alpha value is -1.68. The number of hydrogen-bond acceptors (Lipinski definition) is 2. The molecule has 0 aliphatic rings. The number of nitrogens with zero attached hydrogens (tertiary/aromatic N) is 2. The summed E-state index contributed by atoms with van der Waals surface area (Å²) in [7, 11) is 1.85. The molecule has 0 unspecified atom stereocenters. The summed E-state index contributed by atoms with van der Waals surface area (Å²) in [4.78, 5) is 0. The van der Waals surface area contributed by atoms with Crippen molar-refractivity contribution in [1.29, 1.82) is 0 Å². The quantitative estimate of drug-likeness (QED) is 0.879. The van der Waals surface area contributed by atoms with Crippen molar-refractivity contribution in [2.75, 3.05) is 7.05 Å². The Morgan fingerprint density at radius 1 is 1.35 bits per heavy atom. The number of rotatable bonds is 4. The lowest BCUT2D eigenvalue weighted by atomic mass is 10.0. The topological polar surface area (TPSA) is 29.9 Å². The van der Waals surface area contributed by atoms with Gasteiger partial charge in [-0.1, -0.05) is 0 Å². The first-order chi connectivity index (χ1) is 8.26. The van der Waals surface area contributed by atoms with Crippen molar-refractivity contribution in [2.24, 2.45) is 0 Å². The maximum absolute atomic E-state index is 13.2. The van der Waals surface area contributed by atoms with Crippen LogP contribution in [0.5, 0.6) is 0 Å². The highest BCUT2D eigenvalue weighted by molar-refractivity contribution is 5.63. The largest absolute Gasteiger partial charge is 0.316 e. The molecule has 0 aliphatic carbocycles. The average Bonchev–Trinajstić information content (AvgIpc) is 2.78. The Labute approximate surface area is 100 Å². The zero-order chi connectivity index (χ0) is 12.3. The number of halogens is 1. The van der Waals surface area contributed by atoms with Crippen LogP contribution in [0.1, 0.15) is 12.5 Å². The minimum absolute atomic E-state index is 0.207. The van der Waals surface area contributed by atoms with Gasteiger partial charge in [-0.3, -0.25) is 4.68 Å². The highest BCUT2D eigenvalue weighted by atomic mass is 19.1. The minimum Gasteiger partial charge on any atom is -0.316 e. The zero-order valence-electron chi connectivity index (χ0n) is 10.1. The Morgan fingerprint density at radius 3 is 2.88 bits per heavy atom. The van der Waals surface area contributed by atoms with Crippen LogP contribution < -0.4 is 5.32 Å². The van der Waals surface area contributed by atoms with Gasteiger partial charge >= 0.3 is 0 Å². The fourth-order valence-electron chi connectivity index (χ4n) is 1.96. The van der Waals surface area contributed by atoms with E-state index in [1.165, 1.54) is 6.07 Å². The molecule has 0 fully saturated rings. The summed E-state index contributed by atoms with van der Waals surface area (Å²) in [5.74, 6) is -0.207. The molecule has 1 N–H and O–H groups in total. The van der Waals surface area contributed by atoms with E-state index in [0.29, 0.717) is 6.54 Å². The molecule has 90 valence electrons. The highest BCUT2D eigenvalue weighted by Crippen LogP contribution is 2.24. The van der Waals surface area contributed by atoms with Crippen LogP contribution >= 0.6 is 0 Å². The van der Waals surface area contributed by atoms with E-state index in [1.54, 1.807) is 12.3 Å². The molecular weight excluding hydrogens is 217 g/mol. The van der Waals surface area contributed by atoms with E-state index in [0.717, 1.165) is 23.4 Å². The lowest BCUT2D eigenvalue weighted by Crippen LogP contribution is -2.08. The lowest BCUT2D eigenvalue weighted by molar-refractivity contribution is 0.623. The van der Waals surface area contributed by atoms with Gasteiger partial charge in [-0.25, -0.2) is 4.39 Å². The SMILES string of the molecule is CCn1nccc1-c1ccc(F)cc1CNC. The Kier molecular flexibility index (Phi) is 3.54. The van der Waals surface area contributed by atoms with Gasteiger partial charge in [0.25, 0.3) is 0 Å². The second kappa shape index (κ2) is 5.10. The fourth-order valence-corrected chi connectivity index (χ4v) is 1.96. The molecule has 1 aromatic carbocycles. The van der Waals surface area contributed by atoms with Gasteiger partial charge in [0, 0.05) is 24.8 Å². The summed E-state index contributed by atoms with van der Waals surface area (Å²) in [6.45, 7) is 3.48. The normalized spacial score (nSPS) is 10.8. The van der Waals surface area contributed by atoms with Crippen molar-refractivity contribution in [1.82, 2.24) is 15.1 Å². The molecule has 0 aliphatic heterocycles. The second-order valence-corrected chi connectivity index (χ2v) is 3.86. The Balaban J connectivity index is 2.50. The predicted molar refractivity (Wildman–Crippen MR) is 66.1 cm³/mol. The summed E-state index contributed by atoms with van der Waals surface area (Å²) in [6, 6.07) is 6.82. The summed E-state index contributed by atoms with van der Waals surface area (Å²) >= 11 is 0. The van der Waals surface area contributed by atoms with Crippen molar-refractivity contribution in [2.45, 2.75) is 20.0 Å². The number of aryl methyl sites for hydroxylation is 1. The summed E-state index contributed by atoms with van der Waals surface area (Å²) in [6.07, 6.45) is 1.77. The molecule has 0 radical (unpaired) electrons. The number of aromatic nitrogens is 2. The molecule has 2 rings (SSSR count). The molecule has 17 heavy (non-hydrogen) atoms.